The molecule has 1 aliphatic rings. The van der Waals surface area contributed by atoms with Crippen molar-refractivity contribution >= 4 is 11.9 Å². The zero-order valence-electron chi connectivity index (χ0n) is 11.0. The number of carboxylic acid groups (broad SMARTS) is 1. The van der Waals surface area contributed by atoms with Gasteiger partial charge >= 0.3 is 5.97 Å². The molecule has 1 rings (SSSR count). The van der Waals surface area contributed by atoms with Crippen LogP contribution in [-0.4, -0.2) is 60.8 Å². The predicted octanol–water partition coefficient (Wildman–Crippen LogP) is 0.0766. The number of methoxy groups -OCH3 is 1. The van der Waals surface area contributed by atoms with Gasteiger partial charge in [0.15, 0.2) is 0 Å². The minimum absolute atomic E-state index is 0.00674. The summed E-state index contributed by atoms with van der Waals surface area (Å²) >= 11 is 0. The van der Waals surface area contributed by atoms with Crippen molar-refractivity contribution in [1.29, 1.82) is 0 Å². The molecule has 2 N–H and O–H groups in total. The molecule has 0 spiro atoms. The number of nitrogens with zero attached hydrogens (tertiary/aromatic N) is 1. The van der Waals surface area contributed by atoms with Crippen molar-refractivity contribution in [2.24, 2.45) is 0 Å². The second kappa shape index (κ2) is 7.33. The van der Waals surface area contributed by atoms with Gasteiger partial charge in [0.2, 0.25) is 5.91 Å². The molecule has 0 radical (unpaired) electrons. The molecule has 6 nitrogen and oxygen atoms in total. The van der Waals surface area contributed by atoms with Gasteiger partial charge in [-0.1, -0.05) is 6.92 Å². The van der Waals surface area contributed by atoms with Crippen LogP contribution in [0.3, 0.4) is 0 Å². The van der Waals surface area contributed by atoms with Gasteiger partial charge in [0.05, 0.1) is 12.1 Å². The Balaban J connectivity index is 2.32. The van der Waals surface area contributed by atoms with Crippen LogP contribution in [0.2, 0.25) is 0 Å². The minimum Gasteiger partial charge on any atom is -0.481 e. The number of likely N-dealkylation sites (tertiary alicyclic amines) is 1. The zero-order chi connectivity index (χ0) is 13.5. The van der Waals surface area contributed by atoms with Gasteiger partial charge < -0.3 is 15.2 Å². The van der Waals surface area contributed by atoms with E-state index in [1.807, 2.05) is 0 Å². The standard InChI is InChI=1S/C12H22N2O4/c1-3-14-7-9(10(8-14)18-2)13-11(15)5-4-6-12(16)17/h9-10H,3-8H2,1-2H3,(H,13,15)(H,16,17)/t9-,10-/m0/s1. The summed E-state index contributed by atoms with van der Waals surface area (Å²) in [7, 11) is 1.65. The Hall–Kier alpha value is -1.14. The summed E-state index contributed by atoms with van der Waals surface area (Å²) < 4.78 is 5.35. The average molecular weight is 258 g/mol. The molecular formula is C12H22N2O4. The van der Waals surface area contributed by atoms with Gasteiger partial charge in [-0.2, -0.15) is 0 Å². The van der Waals surface area contributed by atoms with Crippen LogP contribution in [0, 0.1) is 0 Å². The van der Waals surface area contributed by atoms with Crippen molar-refractivity contribution in [2.45, 2.75) is 38.3 Å². The number of nitrogens with one attached hydrogen (secondary N) is 1. The molecule has 0 saturated carbocycles. The van der Waals surface area contributed by atoms with E-state index < -0.39 is 5.97 Å². The first-order valence-corrected chi connectivity index (χ1v) is 6.33. The zero-order valence-corrected chi connectivity index (χ0v) is 11.0. The normalized spacial score (nSPS) is 24.1. The number of ether oxygens (including phenoxy) is 1. The molecule has 0 aliphatic carbocycles. The Labute approximate surface area is 107 Å². The van der Waals surface area contributed by atoms with Crippen LogP contribution >= 0.6 is 0 Å². The number of hydrogen-bond acceptors (Lipinski definition) is 4. The number of amides is 1. The smallest absolute Gasteiger partial charge is 0.303 e. The van der Waals surface area contributed by atoms with Gasteiger partial charge in [-0.15, -0.1) is 0 Å². The second-order valence-corrected chi connectivity index (χ2v) is 4.55. The van der Waals surface area contributed by atoms with Crippen molar-refractivity contribution in [3.8, 4) is 0 Å². The molecule has 6 heteroatoms. The number of carbonyl (C=O) groups excluding carboxylic acids is 1. The van der Waals surface area contributed by atoms with E-state index in [0.29, 0.717) is 6.42 Å². The van der Waals surface area contributed by atoms with Gasteiger partial charge in [0.1, 0.15) is 0 Å². The van der Waals surface area contributed by atoms with Crippen LogP contribution in [0.1, 0.15) is 26.2 Å². The molecule has 0 aromatic carbocycles. The highest BCUT2D eigenvalue weighted by molar-refractivity contribution is 5.77. The van der Waals surface area contributed by atoms with Crippen molar-refractivity contribution < 1.29 is 19.4 Å². The third-order valence-electron chi connectivity index (χ3n) is 3.23. The van der Waals surface area contributed by atoms with E-state index in [1.165, 1.54) is 0 Å². The lowest BCUT2D eigenvalue weighted by atomic mass is 10.2. The topological polar surface area (TPSA) is 78.9 Å². The highest BCUT2D eigenvalue weighted by Gasteiger charge is 2.32. The van der Waals surface area contributed by atoms with Crippen molar-refractivity contribution in [3.05, 3.63) is 0 Å². The molecule has 1 fully saturated rings. The Morgan fingerprint density at radius 3 is 2.67 bits per heavy atom. The number of carbonyl (C=O) groups is 2. The maximum absolute atomic E-state index is 11.7. The molecule has 0 unspecified atom stereocenters. The third-order valence-corrected chi connectivity index (χ3v) is 3.23. The number of hydrogen-bond donors (Lipinski definition) is 2. The van der Waals surface area contributed by atoms with Gasteiger partial charge in [-0.3, -0.25) is 14.5 Å². The third kappa shape index (κ3) is 4.62. The summed E-state index contributed by atoms with van der Waals surface area (Å²) in [5.74, 6) is -0.961. The fourth-order valence-electron chi connectivity index (χ4n) is 2.17. The maximum atomic E-state index is 11.7. The van der Waals surface area contributed by atoms with E-state index in [-0.39, 0.29) is 30.9 Å². The van der Waals surface area contributed by atoms with Crippen LogP contribution in [0.4, 0.5) is 0 Å². The largest absolute Gasteiger partial charge is 0.481 e. The Bertz CT molecular complexity index is 296. The summed E-state index contributed by atoms with van der Waals surface area (Å²) in [4.78, 5) is 24.2. The maximum Gasteiger partial charge on any atom is 0.303 e. The van der Waals surface area contributed by atoms with E-state index in [2.05, 4.69) is 17.1 Å². The van der Waals surface area contributed by atoms with Gasteiger partial charge in [-0.05, 0) is 13.0 Å². The summed E-state index contributed by atoms with van der Waals surface area (Å²) in [5, 5.41) is 11.4. The van der Waals surface area contributed by atoms with Crippen LogP contribution in [0.15, 0.2) is 0 Å². The SMILES string of the molecule is CCN1C[C@H](NC(=O)CCCC(=O)O)[C@@H](OC)C1. The molecule has 0 aromatic heterocycles. The Morgan fingerprint density at radius 2 is 2.11 bits per heavy atom. The first-order chi connectivity index (χ1) is 8.56. The first-order valence-electron chi connectivity index (χ1n) is 6.33. The molecule has 104 valence electrons. The van der Waals surface area contributed by atoms with Crippen molar-refractivity contribution in [1.82, 2.24) is 10.2 Å². The highest BCUT2D eigenvalue weighted by Crippen LogP contribution is 2.13. The predicted molar refractivity (Wildman–Crippen MR) is 66.3 cm³/mol. The van der Waals surface area contributed by atoms with E-state index >= 15 is 0 Å². The molecule has 0 bridgehead atoms. The summed E-state index contributed by atoms with van der Waals surface area (Å²) in [6.07, 6.45) is 0.690. The van der Waals surface area contributed by atoms with E-state index in [0.717, 1.165) is 19.6 Å². The summed E-state index contributed by atoms with van der Waals surface area (Å²) in [6.45, 7) is 4.63. The van der Waals surface area contributed by atoms with Crippen LogP contribution < -0.4 is 5.32 Å². The van der Waals surface area contributed by atoms with Gasteiger partial charge in [0, 0.05) is 33.0 Å². The number of rotatable bonds is 7. The number of carboxylic acids is 1. The summed E-state index contributed by atoms with van der Waals surface area (Å²) in [5.41, 5.74) is 0. The number of aliphatic carboxylic acids is 1. The van der Waals surface area contributed by atoms with Crippen molar-refractivity contribution in [2.75, 3.05) is 26.7 Å². The van der Waals surface area contributed by atoms with Gasteiger partial charge in [0.25, 0.3) is 0 Å². The lowest BCUT2D eigenvalue weighted by molar-refractivity contribution is -0.137. The summed E-state index contributed by atoms with van der Waals surface area (Å²) in [6, 6.07) is 0.00674. The van der Waals surface area contributed by atoms with Gasteiger partial charge in [-0.25, -0.2) is 0 Å². The van der Waals surface area contributed by atoms with Crippen LogP contribution in [0.25, 0.3) is 0 Å². The van der Waals surface area contributed by atoms with Crippen LogP contribution in [-0.2, 0) is 14.3 Å². The number of likely N-dealkylation sites (N-methyl/N-ethyl adjacent to an activating group) is 1. The van der Waals surface area contributed by atoms with Crippen LogP contribution in [0.5, 0.6) is 0 Å². The monoisotopic (exact) mass is 258 g/mol. The highest BCUT2D eigenvalue weighted by atomic mass is 16.5. The fourth-order valence-corrected chi connectivity index (χ4v) is 2.17. The molecular weight excluding hydrogens is 236 g/mol. The van der Waals surface area contributed by atoms with E-state index in [4.69, 9.17) is 9.84 Å². The second-order valence-electron chi connectivity index (χ2n) is 4.55. The van der Waals surface area contributed by atoms with E-state index in [1.54, 1.807) is 7.11 Å². The molecule has 1 saturated heterocycles. The lowest BCUT2D eigenvalue weighted by Crippen LogP contribution is -2.43. The lowest BCUT2D eigenvalue weighted by Gasteiger charge is -2.18. The Morgan fingerprint density at radius 1 is 1.39 bits per heavy atom. The average Bonchev–Trinajstić information content (AvgIpc) is 2.70. The first kappa shape index (κ1) is 14.9. The quantitative estimate of drug-likeness (QED) is 0.676. The molecule has 1 heterocycles. The molecule has 1 amide bonds. The molecule has 2 atom stereocenters. The Kier molecular flexibility index (Phi) is 6.07. The van der Waals surface area contributed by atoms with E-state index in [9.17, 15) is 9.59 Å². The molecule has 0 aromatic rings. The fraction of sp³-hybridized carbons (Fsp3) is 0.833. The molecule has 1 aliphatic heterocycles. The van der Waals surface area contributed by atoms with Crippen molar-refractivity contribution in [3.63, 3.8) is 0 Å². The minimum atomic E-state index is -0.865. The molecule has 18 heavy (non-hydrogen) atoms.